The molecule has 4 nitrogen and oxygen atoms in total. The van der Waals surface area contributed by atoms with E-state index in [1.54, 1.807) is 11.3 Å². The van der Waals surface area contributed by atoms with Crippen LogP contribution >= 0.6 is 11.3 Å². The van der Waals surface area contributed by atoms with Gasteiger partial charge >= 0.3 is 0 Å². The fourth-order valence-electron chi connectivity index (χ4n) is 2.82. The van der Waals surface area contributed by atoms with Crippen molar-refractivity contribution in [3.8, 4) is 0 Å². The number of benzene rings is 1. The lowest BCUT2D eigenvalue weighted by Crippen LogP contribution is -2.20. The Balaban J connectivity index is 1.93. The third kappa shape index (κ3) is 2.59. The maximum atomic E-state index is 4.74. The van der Waals surface area contributed by atoms with E-state index in [2.05, 4.69) is 42.5 Å². The summed E-state index contributed by atoms with van der Waals surface area (Å²) in [4.78, 5) is 4.74. The molecule has 0 radical (unpaired) electrons. The van der Waals surface area contributed by atoms with E-state index in [9.17, 15) is 0 Å². The molecule has 5 heteroatoms. The summed E-state index contributed by atoms with van der Waals surface area (Å²) in [5, 5.41) is 9.11. The van der Waals surface area contributed by atoms with Crippen molar-refractivity contribution in [2.75, 3.05) is 7.05 Å². The Morgan fingerprint density at radius 2 is 2.05 bits per heavy atom. The first-order valence-electron chi connectivity index (χ1n) is 7.12. The molecule has 2 aromatic heterocycles. The number of aromatic nitrogens is 3. The number of fused-ring (bicyclic) bond motifs is 1. The molecule has 0 saturated heterocycles. The molecule has 0 aliphatic heterocycles. The van der Waals surface area contributed by atoms with Crippen LogP contribution in [0.3, 0.4) is 0 Å². The van der Waals surface area contributed by atoms with Crippen LogP contribution in [0.25, 0.3) is 10.2 Å². The topological polar surface area (TPSA) is 42.7 Å². The predicted molar refractivity (Wildman–Crippen MR) is 87.8 cm³/mol. The zero-order chi connectivity index (χ0) is 15.0. The van der Waals surface area contributed by atoms with E-state index in [-0.39, 0.29) is 6.04 Å². The molecule has 21 heavy (non-hydrogen) atoms. The fraction of sp³-hybridized carbons (Fsp3) is 0.375. The number of thiazole rings is 1. The highest BCUT2D eigenvalue weighted by Crippen LogP contribution is 2.28. The monoisotopic (exact) mass is 300 g/mol. The Morgan fingerprint density at radius 1 is 1.29 bits per heavy atom. The maximum Gasteiger partial charge on any atom is 0.0957 e. The molecule has 0 spiro atoms. The van der Waals surface area contributed by atoms with Gasteiger partial charge in [-0.05, 0) is 33.0 Å². The summed E-state index contributed by atoms with van der Waals surface area (Å²) in [6.07, 6.45) is 0.892. The fourth-order valence-corrected chi connectivity index (χ4v) is 3.84. The second-order valence-corrected chi connectivity index (χ2v) is 6.44. The van der Waals surface area contributed by atoms with Gasteiger partial charge in [0.1, 0.15) is 0 Å². The molecule has 1 N–H and O–H groups in total. The second-order valence-electron chi connectivity index (χ2n) is 5.33. The van der Waals surface area contributed by atoms with Crippen LogP contribution in [0.4, 0.5) is 0 Å². The van der Waals surface area contributed by atoms with E-state index in [4.69, 9.17) is 4.98 Å². The molecule has 3 rings (SSSR count). The zero-order valence-corrected chi connectivity index (χ0v) is 13.7. The first kappa shape index (κ1) is 14.2. The third-order valence-corrected chi connectivity index (χ3v) is 5.04. The average molecular weight is 300 g/mol. The molecule has 2 heterocycles. The zero-order valence-electron chi connectivity index (χ0n) is 12.8. The first-order valence-corrected chi connectivity index (χ1v) is 7.93. The molecule has 1 unspecified atom stereocenters. The molecule has 1 atom stereocenters. The molecular formula is C16H20N4S. The van der Waals surface area contributed by atoms with Gasteiger partial charge in [-0.3, -0.25) is 4.68 Å². The van der Waals surface area contributed by atoms with E-state index in [1.165, 1.54) is 21.0 Å². The van der Waals surface area contributed by atoms with E-state index < -0.39 is 0 Å². The molecule has 0 saturated carbocycles. The Kier molecular flexibility index (Phi) is 3.78. The minimum Gasteiger partial charge on any atom is -0.313 e. The van der Waals surface area contributed by atoms with Crippen LogP contribution in [0.2, 0.25) is 0 Å². The van der Waals surface area contributed by atoms with Gasteiger partial charge in [0.15, 0.2) is 0 Å². The van der Waals surface area contributed by atoms with E-state index >= 15 is 0 Å². The van der Waals surface area contributed by atoms with Crippen molar-refractivity contribution in [3.05, 3.63) is 46.2 Å². The number of para-hydroxylation sites is 1. The van der Waals surface area contributed by atoms with Crippen LogP contribution < -0.4 is 5.32 Å². The smallest absolute Gasteiger partial charge is 0.0957 e. The number of aryl methyl sites for hydroxylation is 2. The van der Waals surface area contributed by atoms with E-state index in [1.807, 2.05) is 24.8 Å². The Bertz CT molecular complexity index is 739. The van der Waals surface area contributed by atoms with Crippen LogP contribution in [-0.2, 0) is 13.5 Å². The maximum absolute atomic E-state index is 4.74. The number of nitrogens with one attached hydrogen (secondary N) is 1. The number of rotatable bonds is 4. The van der Waals surface area contributed by atoms with Gasteiger partial charge in [0.25, 0.3) is 0 Å². The van der Waals surface area contributed by atoms with Gasteiger partial charge in [-0.1, -0.05) is 12.1 Å². The Morgan fingerprint density at radius 3 is 2.67 bits per heavy atom. The van der Waals surface area contributed by atoms with Crippen molar-refractivity contribution in [1.82, 2.24) is 20.1 Å². The summed E-state index contributed by atoms with van der Waals surface area (Å²) >= 11 is 1.78. The van der Waals surface area contributed by atoms with E-state index in [0.29, 0.717) is 0 Å². The van der Waals surface area contributed by atoms with Gasteiger partial charge in [-0.25, -0.2) is 4.98 Å². The molecule has 0 amide bonds. The Hall–Kier alpha value is -1.72. The van der Waals surface area contributed by atoms with Crippen molar-refractivity contribution in [3.63, 3.8) is 0 Å². The summed E-state index contributed by atoms with van der Waals surface area (Å²) in [6.45, 7) is 4.20. The largest absolute Gasteiger partial charge is 0.313 e. The predicted octanol–water partition coefficient (Wildman–Crippen LogP) is 3.15. The summed E-state index contributed by atoms with van der Waals surface area (Å²) in [5.74, 6) is 0. The minimum absolute atomic E-state index is 0.249. The molecular weight excluding hydrogens is 280 g/mol. The Labute approximate surface area is 128 Å². The summed E-state index contributed by atoms with van der Waals surface area (Å²) < 4.78 is 3.20. The minimum atomic E-state index is 0.249. The lowest BCUT2D eigenvalue weighted by Gasteiger charge is -2.15. The quantitative estimate of drug-likeness (QED) is 0.805. The van der Waals surface area contributed by atoms with Crippen LogP contribution in [0.1, 0.15) is 28.0 Å². The number of likely N-dealkylation sites (N-methyl/N-ethyl adjacent to an activating group) is 1. The number of nitrogens with zero attached hydrogens (tertiary/aromatic N) is 3. The normalized spacial score (nSPS) is 13.0. The van der Waals surface area contributed by atoms with E-state index in [0.717, 1.165) is 17.6 Å². The van der Waals surface area contributed by atoms with Gasteiger partial charge in [-0.15, -0.1) is 11.3 Å². The highest BCUT2D eigenvalue weighted by Gasteiger charge is 2.20. The van der Waals surface area contributed by atoms with Gasteiger partial charge in [0, 0.05) is 30.8 Å². The summed E-state index contributed by atoms with van der Waals surface area (Å²) in [7, 11) is 4.00. The van der Waals surface area contributed by atoms with Gasteiger partial charge < -0.3 is 5.32 Å². The lowest BCUT2D eigenvalue weighted by atomic mass is 10.0. The molecule has 1 aromatic carbocycles. The van der Waals surface area contributed by atoms with Crippen molar-refractivity contribution < 1.29 is 0 Å². The molecule has 0 aliphatic carbocycles. The molecule has 110 valence electrons. The SMILES string of the molecule is CNC(Cc1nc2ccccc2s1)c1c(C)nn(C)c1C. The van der Waals surface area contributed by atoms with Crippen molar-refractivity contribution in [2.45, 2.75) is 26.3 Å². The molecule has 0 aliphatic rings. The van der Waals surface area contributed by atoms with Gasteiger partial charge in [0.05, 0.1) is 20.9 Å². The standard InChI is InChI=1S/C16H20N4S/c1-10-16(11(2)20(4)19-10)13(17-3)9-15-18-12-7-5-6-8-14(12)21-15/h5-8,13,17H,9H2,1-4H3. The summed E-state index contributed by atoms with van der Waals surface area (Å²) in [6, 6.07) is 8.56. The van der Waals surface area contributed by atoms with Crippen LogP contribution in [0, 0.1) is 13.8 Å². The van der Waals surface area contributed by atoms with Crippen LogP contribution in [-0.4, -0.2) is 21.8 Å². The third-order valence-electron chi connectivity index (χ3n) is 3.98. The molecule has 0 bridgehead atoms. The number of hydrogen-bond acceptors (Lipinski definition) is 4. The van der Waals surface area contributed by atoms with Crippen molar-refractivity contribution >= 4 is 21.6 Å². The molecule has 3 aromatic rings. The van der Waals surface area contributed by atoms with Gasteiger partial charge in [-0.2, -0.15) is 5.10 Å². The lowest BCUT2D eigenvalue weighted by molar-refractivity contribution is 0.583. The first-order chi connectivity index (χ1) is 10.1. The molecule has 0 fully saturated rings. The van der Waals surface area contributed by atoms with Crippen LogP contribution in [0.15, 0.2) is 24.3 Å². The van der Waals surface area contributed by atoms with Crippen molar-refractivity contribution in [2.24, 2.45) is 7.05 Å². The summed E-state index contributed by atoms with van der Waals surface area (Å²) in [5.41, 5.74) is 4.69. The number of hydrogen-bond donors (Lipinski definition) is 1. The average Bonchev–Trinajstić information content (AvgIpc) is 2.98. The highest BCUT2D eigenvalue weighted by molar-refractivity contribution is 7.18. The highest BCUT2D eigenvalue weighted by atomic mass is 32.1. The van der Waals surface area contributed by atoms with Gasteiger partial charge in [0.2, 0.25) is 0 Å². The van der Waals surface area contributed by atoms with Crippen molar-refractivity contribution in [1.29, 1.82) is 0 Å². The second kappa shape index (κ2) is 5.58. The van der Waals surface area contributed by atoms with Crippen LogP contribution in [0.5, 0.6) is 0 Å².